The number of rotatable bonds is 3. The lowest BCUT2D eigenvalue weighted by molar-refractivity contribution is 0.220. The summed E-state index contributed by atoms with van der Waals surface area (Å²) in [7, 11) is 2.06. The van der Waals surface area contributed by atoms with E-state index in [0.29, 0.717) is 12.0 Å². The molecule has 0 spiro atoms. The lowest BCUT2D eigenvalue weighted by Gasteiger charge is -2.35. The van der Waals surface area contributed by atoms with Gasteiger partial charge in [-0.1, -0.05) is 36.2 Å². The fourth-order valence-electron chi connectivity index (χ4n) is 3.09. The van der Waals surface area contributed by atoms with Gasteiger partial charge in [0.15, 0.2) is 0 Å². The highest BCUT2D eigenvalue weighted by Crippen LogP contribution is 2.35. The summed E-state index contributed by atoms with van der Waals surface area (Å²) < 4.78 is 0. The lowest BCUT2D eigenvalue weighted by Crippen LogP contribution is -2.39. The van der Waals surface area contributed by atoms with Gasteiger partial charge in [-0.2, -0.15) is 0 Å². The molecule has 1 aliphatic rings. The molecule has 0 aliphatic heterocycles. The van der Waals surface area contributed by atoms with Crippen molar-refractivity contribution in [1.82, 2.24) is 5.32 Å². The Morgan fingerprint density at radius 1 is 1.22 bits per heavy atom. The molecule has 0 saturated heterocycles. The maximum Gasteiger partial charge on any atom is 0.0452 e. The van der Waals surface area contributed by atoms with Crippen molar-refractivity contribution < 1.29 is 0 Å². The Labute approximate surface area is 120 Å². The summed E-state index contributed by atoms with van der Waals surface area (Å²) >= 11 is 12.5. The van der Waals surface area contributed by atoms with E-state index in [4.69, 9.17) is 23.2 Å². The normalized spacial score (nSPS) is 28.3. The maximum atomic E-state index is 6.27. The predicted molar refractivity (Wildman–Crippen MR) is 79.5 cm³/mol. The first kappa shape index (κ1) is 14.2. The summed E-state index contributed by atoms with van der Waals surface area (Å²) in [6, 6.07) is 6.37. The third-order valence-electron chi connectivity index (χ3n) is 4.14. The van der Waals surface area contributed by atoms with E-state index >= 15 is 0 Å². The summed E-state index contributed by atoms with van der Waals surface area (Å²) in [5.41, 5.74) is 1.11. The Morgan fingerprint density at radius 2 is 1.89 bits per heavy atom. The second-order valence-electron chi connectivity index (χ2n) is 5.48. The van der Waals surface area contributed by atoms with Crippen molar-refractivity contribution in [2.45, 2.75) is 38.6 Å². The average molecular weight is 286 g/mol. The first-order valence-electron chi connectivity index (χ1n) is 6.72. The molecule has 0 bridgehead atoms. The molecular formula is C15H21Cl2N. The zero-order chi connectivity index (χ0) is 13.1. The van der Waals surface area contributed by atoms with Gasteiger partial charge in [-0.25, -0.2) is 0 Å². The smallest absolute Gasteiger partial charge is 0.0452 e. The van der Waals surface area contributed by atoms with E-state index in [1.54, 1.807) is 0 Å². The van der Waals surface area contributed by atoms with Crippen LogP contribution in [0.4, 0.5) is 0 Å². The minimum absolute atomic E-state index is 0.591. The number of hydrogen-bond donors (Lipinski definition) is 1. The van der Waals surface area contributed by atoms with Crippen molar-refractivity contribution in [1.29, 1.82) is 0 Å². The Morgan fingerprint density at radius 3 is 2.50 bits per heavy atom. The molecule has 3 atom stereocenters. The molecule has 0 heterocycles. The standard InChI is InChI=1S/C15H21Cl2N/c1-10-6-7-15(18-2)11(8-10)9-12-13(16)4-3-5-14(12)17/h3-5,10-11,15,18H,6-9H2,1-2H3. The van der Waals surface area contributed by atoms with Gasteiger partial charge in [0.2, 0.25) is 0 Å². The van der Waals surface area contributed by atoms with Gasteiger partial charge < -0.3 is 5.32 Å². The van der Waals surface area contributed by atoms with Crippen LogP contribution in [0.5, 0.6) is 0 Å². The third-order valence-corrected chi connectivity index (χ3v) is 4.85. The van der Waals surface area contributed by atoms with Gasteiger partial charge in [-0.3, -0.25) is 0 Å². The van der Waals surface area contributed by atoms with Crippen LogP contribution >= 0.6 is 23.2 Å². The van der Waals surface area contributed by atoms with Crippen molar-refractivity contribution in [3.63, 3.8) is 0 Å². The summed E-state index contributed by atoms with van der Waals surface area (Å²) in [6.07, 6.45) is 4.81. The topological polar surface area (TPSA) is 12.0 Å². The quantitative estimate of drug-likeness (QED) is 0.859. The zero-order valence-electron chi connectivity index (χ0n) is 11.0. The van der Waals surface area contributed by atoms with Crippen LogP contribution in [-0.4, -0.2) is 13.1 Å². The summed E-state index contributed by atoms with van der Waals surface area (Å²) in [5, 5.41) is 5.05. The molecule has 1 aromatic rings. The molecule has 0 aromatic heterocycles. The van der Waals surface area contributed by atoms with Gasteiger partial charge in [0, 0.05) is 16.1 Å². The number of hydrogen-bond acceptors (Lipinski definition) is 1. The van der Waals surface area contributed by atoms with Crippen LogP contribution in [0, 0.1) is 11.8 Å². The van der Waals surface area contributed by atoms with E-state index in [0.717, 1.165) is 27.9 Å². The van der Waals surface area contributed by atoms with Crippen molar-refractivity contribution in [2.24, 2.45) is 11.8 Å². The van der Waals surface area contributed by atoms with Crippen LogP contribution in [-0.2, 0) is 6.42 Å². The molecule has 3 unspecified atom stereocenters. The minimum Gasteiger partial charge on any atom is -0.317 e. The predicted octanol–water partition coefficient (Wildman–Crippen LogP) is 4.56. The number of halogens is 2. The van der Waals surface area contributed by atoms with Crippen LogP contribution in [0.15, 0.2) is 18.2 Å². The van der Waals surface area contributed by atoms with Gasteiger partial charge in [-0.15, -0.1) is 0 Å². The minimum atomic E-state index is 0.591. The highest BCUT2D eigenvalue weighted by atomic mass is 35.5. The molecule has 3 heteroatoms. The first-order chi connectivity index (χ1) is 8.61. The fourth-order valence-corrected chi connectivity index (χ4v) is 3.65. The lowest BCUT2D eigenvalue weighted by atomic mass is 9.76. The van der Waals surface area contributed by atoms with E-state index < -0.39 is 0 Å². The first-order valence-corrected chi connectivity index (χ1v) is 7.47. The molecule has 1 aliphatic carbocycles. The third kappa shape index (κ3) is 3.20. The Kier molecular flexibility index (Phi) is 4.94. The Hall–Kier alpha value is -0.240. The van der Waals surface area contributed by atoms with Crippen LogP contribution in [0.1, 0.15) is 31.7 Å². The van der Waals surface area contributed by atoms with E-state index in [9.17, 15) is 0 Å². The molecule has 1 fully saturated rings. The summed E-state index contributed by atoms with van der Waals surface area (Å²) in [6.45, 7) is 2.34. The molecule has 1 aromatic carbocycles. The van der Waals surface area contributed by atoms with Gasteiger partial charge >= 0.3 is 0 Å². The number of benzene rings is 1. The van der Waals surface area contributed by atoms with Crippen LogP contribution < -0.4 is 5.32 Å². The van der Waals surface area contributed by atoms with E-state index in [1.165, 1.54) is 19.3 Å². The second kappa shape index (κ2) is 6.27. The van der Waals surface area contributed by atoms with Gasteiger partial charge in [0.05, 0.1) is 0 Å². The second-order valence-corrected chi connectivity index (χ2v) is 6.29. The van der Waals surface area contributed by atoms with E-state index in [-0.39, 0.29) is 0 Å². The average Bonchev–Trinajstić information content (AvgIpc) is 2.34. The molecule has 1 N–H and O–H groups in total. The Bertz CT molecular complexity index is 385. The number of nitrogens with one attached hydrogen (secondary N) is 1. The van der Waals surface area contributed by atoms with E-state index in [2.05, 4.69) is 19.3 Å². The van der Waals surface area contributed by atoms with Gasteiger partial charge in [0.25, 0.3) is 0 Å². The van der Waals surface area contributed by atoms with Crippen molar-refractivity contribution >= 4 is 23.2 Å². The molecule has 1 saturated carbocycles. The molecule has 2 rings (SSSR count). The highest BCUT2D eigenvalue weighted by Gasteiger charge is 2.28. The van der Waals surface area contributed by atoms with Crippen molar-refractivity contribution in [3.05, 3.63) is 33.8 Å². The SMILES string of the molecule is CNC1CCC(C)CC1Cc1c(Cl)cccc1Cl. The highest BCUT2D eigenvalue weighted by molar-refractivity contribution is 6.35. The summed E-state index contributed by atoms with van der Waals surface area (Å²) in [4.78, 5) is 0. The summed E-state index contributed by atoms with van der Waals surface area (Å²) in [5.74, 6) is 1.44. The van der Waals surface area contributed by atoms with Crippen LogP contribution in [0.3, 0.4) is 0 Å². The van der Waals surface area contributed by atoms with Crippen molar-refractivity contribution in [3.8, 4) is 0 Å². The molecule has 0 amide bonds. The Balaban J connectivity index is 2.15. The molecule has 0 radical (unpaired) electrons. The van der Waals surface area contributed by atoms with Crippen molar-refractivity contribution in [2.75, 3.05) is 7.05 Å². The zero-order valence-corrected chi connectivity index (χ0v) is 12.6. The molecule has 1 nitrogen and oxygen atoms in total. The largest absolute Gasteiger partial charge is 0.317 e. The van der Waals surface area contributed by atoms with Crippen LogP contribution in [0.2, 0.25) is 10.0 Å². The molecular weight excluding hydrogens is 265 g/mol. The monoisotopic (exact) mass is 285 g/mol. The van der Waals surface area contributed by atoms with Gasteiger partial charge in [-0.05, 0) is 62.3 Å². The van der Waals surface area contributed by atoms with Crippen LogP contribution in [0.25, 0.3) is 0 Å². The molecule has 100 valence electrons. The maximum absolute atomic E-state index is 6.27. The fraction of sp³-hybridized carbons (Fsp3) is 0.600. The van der Waals surface area contributed by atoms with Gasteiger partial charge in [0.1, 0.15) is 0 Å². The molecule has 18 heavy (non-hydrogen) atoms. The van der Waals surface area contributed by atoms with E-state index in [1.807, 2.05) is 18.2 Å².